The molecular formula is C10H14BrNO4S. The second-order valence-electron chi connectivity index (χ2n) is 3.14. The molecule has 0 saturated carbocycles. The third kappa shape index (κ3) is 3.58. The first kappa shape index (κ1) is 14.3. The van der Waals surface area contributed by atoms with Crippen molar-refractivity contribution in [2.75, 3.05) is 13.2 Å². The highest BCUT2D eigenvalue weighted by molar-refractivity contribution is 9.10. The molecule has 2 N–H and O–H groups in total. The van der Waals surface area contributed by atoms with Crippen LogP contribution < -0.4 is 14.6 Å². The van der Waals surface area contributed by atoms with Gasteiger partial charge in [-0.25, -0.2) is 13.6 Å². The van der Waals surface area contributed by atoms with Gasteiger partial charge in [-0.3, -0.25) is 0 Å². The van der Waals surface area contributed by atoms with Gasteiger partial charge in [0.1, 0.15) is 0 Å². The Labute approximate surface area is 109 Å². The zero-order valence-corrected chi connectivity index (χ0v) is 12.0. The summed E-state index contributed by atoms with van der Waals surface area (Å²) in [6.07, 6.45) is 0. The first-order chi connectivity index (χ1) is 7.90. The van der Waals surface area contributed by atoms with Crippen molar-refractivity contribution in [1.29, 1.82) is 0 Å². The molecule has 17 heavy (non-hydrogen) atoms. The maximum absolute atomic E-state index is 11.3. The molecule has 96 valence electrons. The maximum atomic E-state index is 11.3. The minimum absolute atomic E-state index is 0.0237. The molecule has 0 saturated heterocycles. The van der Waals surface area contributed by atoms with Gasteiger partial charge in [0.25, 0.3) is 0 Å². The molecule has 0 aromatic heterocycles. The van der Waals surface area contributed by atoms with Crippen LogP contribution in [0, 0.1) is 0 Å². The third-order valence-corrected chi connectivity index (χ3v) is 3.77. The largest absolute Gasteiger partial charge is 0.490 e. The molecule has 0 fully saturated rings. The van der Waals surface area contributed by atoms with Crippen molar-refractivity contribution in [3.8, 4) is 11.5 Å². The lowest BCUT2D eigenvalue weighted by Crippen LogP contribution is -2.13. The summed E-state index contributed by atoms with van der Waals surface area (Å²) in [5.41, 5.74) is 0. The van der Waals surface area contributed by atoms with Gasteiger partial charge in [-0.05, 0) is 35.8 Å². The number of halogens is 1. The van der Waals surface area contributed by atoms with Crippen molar-refractivity contribution >= 4 is 26.0 Å². The number of rotatable bonds is 5. The summed E-state index contributed by atoms with van der Waals surface area (Å²) in [5, 5.41) is 5.09. The number of hydrogen-bond donors (Lipinski definition) is 1. The van der Waals surface area contributed by atoms with Crippen molar-refractivity contribution < 1.29 is 17.9 Å². The molecule has 0 radical (unpaired) electrons. The van der Waals surface area contributed by atoms with E-state index in [9.17, 15) is 8.42 Å². The molecule has 5 nitrogen and oxygen atoms in total. The Morgan fingerprint density at radius 1 is 1.18 bits per heavy atom. The van der Waals surface area contributed by atoms with Crippen molar-refractivity contribution in [3.05, 3.63) is 16.6 Å². The van der Waals surface area contributed by atoms with Crippen LogP contribution in [0.25, 0.3) is 0 Å². The monoisotopic (exact) mass is 323 g/mol. The highest BCUT2D eigenvalue weighted by atomic mass is 79.9. The third-order valence-electron chi connectivity index (χ3n) is 1.90. The fourth-order valence-corrected chi connectivity index (χ4v) is 2.87. The lowest BCUT2D eigenvalue weighted by Gasteiger charge is -2.13. The Hall–Kier alpha value is -0.790. The van der Waals surface area contributed by atoms with E-state index >= 15 is 0 Å². The van der Waals surface area contributed by atoms with Crippen molar-refractivity contribution in [2.45, 2.75) is 18.7 Å². The Bertz CT molecular complexity index is 501. The van der Waals surface area contributed by atoms with Gasteiger partial charge in [-0.15, -0.1) is 0 Å². The first-order valence-electron chi connectivity index (χ1n) is 5.02. The van der Waals surface area contributed by atoms with E-state index in [4.69, 9.17) is 14.6 Å². The highest BCUT2D eigenvalue weighted by Crippen LogP contribution is 2.35. The van der Waals surface area contributed by atoms with E-state index in [0.29, 0.717) is 29.2 Å². The van der Waals surface area contributed by atoms with E-state index in [1.807, 2.05) is 6.92 Å². The number of primary sulfonamides is 1. The average Bonchev–Trinajstić information content (AvgIpc) is 2.20. The molecule has 0 spiro atoms. The number of nitrogens with two attached hydrogens (primary N) is 1. The summed E-state index contributed by atoms with van der Waals surface area (Å²) in [6, 6.07) is 2.89. The van der Waals surface area contributed by atoms with Gasteiger partial charge >= 0.3 is 0 Å². The molecule has 0 bridgehead atoms. The van der Waals surface area contributed by atoms with Crippen LogP contribution >= 0.6 is 15.9 Å². The van der Waals surface area contributed by atoms with E-state index in [0.717, 1.165) is 0 Å². The van der Waals surface area contributed by atoms with Crippen molar-refractivity contribution in [1.82, 2.24) is 0 Å². The molecule has 7 heteroatoms. The number of sulfonamides is 1. The SMILES string of the molecule is CCOc1cc(Br)c(S(N)(=O)=O)cc1OCC. The van der Waals surface area contributed by atoms with Crippen LogP contribution in [0.15, 0.2) is 21.5 Å². The maximum Gasteiger partial charge on any atom is 0.239 e. The summed E-state index contributed by atoms with van der Waals surface area (Å²) in [6.45, 7) is 4.50. The van der Waals surface area contributed by atoms with Gasteiger partial charge in [-0.1, -0.05) is 0 Å². The molecule has 0 aliphatic heterocycles. The Morgan fingerprint density at radius 3 is 2.06 bits per heavy atom. The summed E-state index contributed by atoms with van der Waals surface area (Å²) in [5.74, 6) is 0.843. The second-order valence-corrected chi connectivity index (χ2v) is 5.52. The van der Waals surface area contributed by atoms with Crippen LogP contribution in [0.2, 0.25) is 0 Å². The highest BCUT2D eigenvalue weighted by Gasteiger charge is 2.17. The summed E-state index contributed by atoms with van der Waals surface area (Å²) < 4.78 is 33.7. The topological polar surface area (TPSA) is 78.6 Å². The number of ether oxygens (including phenoxy) is 2. The standard InChI is InChI=1S/C10H14BrNO4S/c1-3-15-8-5-7(11)10(17(12,13)14)6-9(8)16-4-2/h5-6H,3-4H2,1-2H3,(H2,12,13,14). The molecule has 1 aromatic rings. The molecule has 1 aromatic carbocycles. The molecule has 0 amide bonds. The molecular weight excluding hydrogens is 310 g/mol. The van der Waals surface area contributed by atoms with Crippen LogP contribution in [0.4, 0.5) is 0 Å². The zero-order chi connectivity index (χ0) is 13.1. The van der Waals surface area contributed by atoms with Crippen LogP contribution in [0.3, 0.4) is 0 Å². The zero-order valence-electron chi connectivity index (χ0n) is 9.57. The fraction of sp³-hybridized carbons (Fsp3) is 0.400. The molecule has 1 rings (SSSR count). The van der Waals surface area contributed by atoms with Crippen molar-refractivity contribution in [2.24, 2.45) is 5.14 Å². The Morgan fingerprint density at radius 2 is 1.65 bits per heavy atom. The van der Waals surface area contributed by atoms with E-state index in [1.54, 1.807) is 6.92 Å². The van der Waals surface area contributed by atoms with Crippen LogP contribution in [0.5, 0.6) is 11.5 Å². The summed E-state index contributed by atoms with van der Waals surface area (Å²) in [7, 11) is -3.79. The predicted molar refractivity (Wildman–Crippen MR) is 67.9 cm³/mol. The van der Waals surface area contributed by atoms with Gasteiger partial charge in [0, 0.05) is 10.5 Å². The quantitative estimate of drug-likeness (QED) is 0.897. The Kier molecular flexibility index (Phi) is 4.79. The second kappa shape index (κ2) is 5.70. The first-order valence-corrected chi connectivity index (χ1v) is 7.36. The molecule has 0 aliphatic rings. The lowest BCUT2D eigenvalue weighted by atomic mass is 10.3. The molecule has 0 atom stereocenters. The fourth-order valence-electron chi connectivity index (χ4n) is 1.27. The van der Waals surface area contributed by atoms with Crippen LogP contribution in [0.1, 0.15) is 13.8 Å². The predicted octanol–water partition coefficient (Wildman–Crippen LogP) is 1.89. The summed E-state index contributed by atoms with van der Waals surface area (Å²) >= 11 is 3.14. The molecule has 0 aliphatic carbocycles. The minimum Gasteiger partial charge on any atom is -0.490 e. The van der Waals surface area contributed by atoms with Gasteiger partial charge in [-0.2, -0.15) is 0 Å². The normalized spacial score (nSPS) is 11.3. The van der Waals surface area contributed by atoms with E-state index in [2.05, 4.69) is 15.9 Å². The lowest BCUT2D eigenvalue weighted by molar-refractivity contribution is 0.286. The van der Waals surface area contributed by atoms with Crippen LogP contribution in [-0.2, 0) is 10.0 Å². The average molecular weight is 324 g/mol. The van der Waals surface area contributed by atoms with Gasteiger partial charge in [0.15, 0.2) is 11.5 Å². The summed E-state index contributed by atoms with van der Waals surface area (Å²) in [4.78, 5) is -0.0237. The van der Waals surface area contributed by atoms with Crippen LogP contribution in [-0.4, -0.2) is 21.6 Å². The number of benzene rings is 1. The van der Waals surface area contributed by atoms with Gasteiger partial charge < -0.3 is 9.47 Å². The van der Waals surface area contributed by atoms with E-state index in [-0.39, 0.29) is 4.90 Å². The van der Waals surface area contributed by atoms with E-state index < -0.39 is 10.0 Å². The minimum atomic E-state index is -3.79. The van der Waals surface area contributed by atoms with Gasteiger partial charge in [0.05, 0.1) is 18.1 Å². The van der Waals surface area contributed by atoms with Crippen molar-refractivity contribution in [3.63, 3.8) is 0 Å². The molecule has 0 unspecified atom stereocenters. The smallest absolute Gasteiger partial charge is 0.239 e. The van der Waals surface area contributed by atoms with Gasteiger partial charge in [0.2, 0.25) is 10.0 Å². The Balaban J connectivity index is 3.34. The van der Waals surface area contributed by atoms with E-state index in [1.165, 1.54) is 12.1 Å². The molecule has 0 heterocycles. The number of hydrogen-bond acceptors (Lipinski definition) is 4.